The minimum Gasteiger partial charge on any atom is -0.478 e. The Labute approximate surface area is 195 Å². The summed E-state index contributed by atoms with van der Waals surface area (Å²) in [6, 6.07) is 4.18. The fraction of sp³-hybridized carbons (Fsp3) is 0.238. The first-order chi connectivity index (χ1) is 16.1. The molecule has 0 aliphatic carbocycles. The van der Waals surface area contributed by atoms with E-state index >= 15 is 0 Å². The molecule has 2 aliphatic heterocycles. The summed E-state index contributed by atoms with van der Waals surface area (Å²) in [5.74, 6) is -6.06. The predicted octanol–water partition coefficient (Wildman–Crippen LogP) is 0.566. The number of carbonyl (C=O) groups excluding carboxylic acids is 4. The quantitative estimate of drug-likeness (QED) is 0.346. The third kappa shape index (κ3) is 3.91. The van der Waals surface area contributed by atoms with Gasteiger partial charge >= 0.3 is 17.8 Å². The summed E-state index contributed by atoms with van der Waals surface area (Å²) >= 11 is 0.892. The first-order valence-corrected chi connectivity index (χ1v) is 10.7. The number of rotatable bonds is 5. The van der Waals surface area contributed by atoms with E-state index in [2.05, 4.69) is 10.6 Å². The maximum absolute atomic E-state index is 12.9. The number of benzene rings is 1. The van der Waals surface area contributed by atoms with E-state index in [0.717, 1.165) is 16.2 Å². The Bertz CT molecular complexity index is 1280. The van der Waals surface area contributed by atoms with Crippen LogP contribution in [0.2, 0.25) is 0 Å². The highest BCUT2D eigenvalue weighted by atomic mass is 32.1. The van der Waals surface area contributed by atoms with E-state index in [4.69, 9.17) is 9.84 Å². The van der Waals surface area contributed by atoms with Gasteiger partial charge in [-0.05, 0) is 23.8 Å². The average molecular weight is 487 g/mol. The topological polar surface area (TPSA) is 179 Å². The van der Waals surface area contributed by atoms with Crippen molar-refractivity contribution in [1.29, 1.82) is 0 Å². The summed E-state index contributed by atoms with van der Waals surface area (Å²) in [5, 5.41) is 22.8. The smallest absolute Gasteiger partial charge is 0.394 e. The summed E-state index contributed by atoms with van der Waals surface area (Å²) in [5.41, 5.74) is 0.550. The monoisotopic (exact) mass is 487 g/mol. The van der Waals surface area contributed by atoms with E-state index in [1.165, 1.54) is 25.2 Å². The number of aromatic carboxylic acids is 1. The lowest BCUT2D eigenvalue weighted by atomic mass is 10.0. The molecule has 4 N–H and O–H groups in total. The van der Waals surface area contributed by atoms with Gasteiger partial charge < -0.3 is 25.6 Å². The summed E-state index contributed by atoms with van der Waals surface area (Å²) in [7, 11) is 1.44. The standard InChI is InChI=1S/C21H17N3O9S/c1-22-15(25)8-2-3-10-11(4-8)19(28)24(18(10)27)6-9-5-12-13(7-33-9)34-17(14(12)20(29)30)23-16(26)21(31)32/h2-4,9H,5-7H2,1H3,(H,22,25)(H,23,26)(H,29,30)(H,31,32). The summed E-state index contributed by atoms with van der Waals surface area (Å²) < 4.78 is 5.72. The number of amides is 4. The van der Waals surface area contributed by atoms with E-state index in [1.807, 2.05) is 0 Å². The number of carboxylic acids is 2. The number of thiophene rings is 1. The van der Waals surface area contributed by atoms with Crippen molar-refractivity contribution in [3.05, 3.63) is 50.9 Å². The largest absolute Gasteiger partial charge is 0.478 e. The highest BCUT2D eigenvalue weighted by Gasteiger charge is 2.39. The molecule has 0 radical (unpaired) electrons. The fourth-order valence-corrected chi connectivity index (χ4v) is 5.00. The predicted molar refractivity (Wildman–Crippen MR) is 115 cm³/mol. The zero-order valence-corrected chi connectivity index (χ0v) is 18.4. The van der Waals surface area contributed by atoms with Crippen LogP contribution in [0.15, 0.2) is 18.2 Å². The third-order valence-corrected chi connectivity index (χ3v) is 6.57. The van der Waals surface area contributed by atoms with E-state index in [1.54, 1.807) is 0 Å². The Morgan fingerprint density at radius 2 is 1.85 bits per heavy atom. The van der Waals surface area contributed by atoms with E-state index < -0.39 is 41.7 Å². The summed E-state index contributed by atoms with van der Waals surface area (Å²) in [6.07, 6.45) is -0.711. The SMILES string of the molecule is CNC(=O)c1ccc2c(c1)C(=O)N(CC1Cc3c(sc(NC(=O)C(=O)O)c3C(=O)O)CO1)C2=O. The van der Waals surface area contributed by atoms with Crippen molar-refractivity contribution in [2.45, 2.75) is 19.1 Å². The Morgan fingerprint density at radius 3 is 2.50 bits per heavy atom. The van der Waals surface area contributed by atoms with Gasteiger partial charge in [-0.1, -0.05) is 0 Å². The number of hydrogen-bond donors (Lipinski definition) is 4. The molecule has 1 aromatic carbocycles. The van der Waals surface area contributed by atoms with E-state index in [-0.39, 0.29) is 46.8 Å². The maximum atomic E-state index is 12.9. The first kappa shape index (κ1) is 23.1. The number of hydrogen-bond acceptors (Lipinski definition) is 8. The third-order valence-electron chi connectivity index (χ3n) is 5.45. The van der Waals surface area contributed by atoms with Gasteiger partial charge in [-0.2, -0.15) is 0 Å². The van der Waals surface area contributed by atoms with Gasteiger partial charge in [-0.25, -0.2) is 9.59 Å². The molecular weight excluding hydrogens is 470 g/mol. The van der Waals surface area contributed by atoms with Crippen LogP contribution in [0.25, 0.3) is 0 Å². The molecule has 0 spiro atoms. The normalized spacial score (nSPS) is 16.6. The molecule has 4 amide bonds. The Balaban J connectivity index is 1.56. The Morgan fingerprint density at radius 1 is 1.15 bits per heavy atom. The number of carboxylic acid groups (broad SMARTS) is 2. The Kier molecular flexibility index (Phi) is 5.89. The second-order valence-electron chi connectivity index (χ2n) is 7.47. The molecule has 1 unspecified atom stereocenters. The molecule has 2 aromatic rings. The molecule has 2 aliphatic rings. The summed E-state index contributed by atoms with van der Waals surface area (Å²) in [4.78, 5) is 73.2. The molecule has 1 aromatic heterocycles. The number of anilines is 1. The van der Waals surface area contributed by atoms with Crippen molar-refractivity contribution in [3.63, 3.8) is 0 Å². The van der Waals surface area contributed by atoms with Crippen LogP contribution in [0.3, 0.4) is 0 Å². The van der Waals surface area contributed by atoms with Crippen LogP contribution in [0.1, 0.15) is 51.9 Å². The second kappa shape index (κ2) is 8.68. The van der Waals surface area contributed by atoms with Gasteiger partial charge in [0.15, 0.2) is 0 Å². The van der Waals surface area contributed by atoms with Crippen LogP contribution in [0.4, 0.5) is 5.00 Å². The van der Waals surface area contributed by atoms with Crippen molar-refractivity contribution in [1.82, 2.24) is 10.2 Å². The molecule has 0 bridgehead atoms. The van der Waals surface area contributed by atoms with Gasteiger partial charge in [0.05, 0.1) is 35.9 Å². The van der Waals surface area contributed by atoms with Gasteiger partial charge in [0, 0.05) is 23.9 Å². The van der Waals surface area contributed by atoms with Crippen LogP contribution in [-0.2, 0) is 27.4 Å². The average Bonchev–Trinajstić information content (AvgIpc) is 3.28. The molecule has 1 atom stereocenters. The molecular formula is C21H17N3O9S. The lowest BCUT2D eigenvalue weighted by molar-refractivity contribution is -0.147. The van der Waals surface area contributed by atoms with Crippen molar-refractivity contribution >= 4 is 51.9 Å². The number of nitrogens with one attached hydrogen (secondary N) is 2. The van der Waals surface area contributed by atoms with Gasteiger partial charge in [0.1, 0.15) is 5.00 Å². The van der Waals surface area contributed by atoms with Crippen LogP contribution in [0, 0.1) is 0 Å². The van der Waals surface area contributed by atoms with E-state index in [0.29, 0.717) is 10.4 Å². The second-order valence-corrected chi connectivity index (χ2v) is 8.58. The molecule has 176 valence electrons. The lowest BCUT2D eigenvalue weighted by Crippen LogP contribution is -2.40. The zero-order valence-electron chi connectivity index (χ0n) is 17.5. The molecule has 0 saturated carbocycles. The molecule has 0 fully saturated rings. The molecule has 13 heteroatoms. The van der Waals surface area contributed by atoms with Gasteiger partial charge in [0.25, 0.3) is 17.7 Å². The first-order valence-electron chi connectivity index (χ1n) is 9.88. The molecule has 0 saturated heterocycles. The highest BCUT2D eigenvalue weighted by Crippen LogP contribution is 2.38. The van der Waals surface area contributed by atoms with Crippen molar-refractivity contribution < 1.29 is 43.7 Å². The van der Waals surface area contributed by atoms with Crippen molar-refractivity contribution in [2.24, 2.45) is 0 Å². The van der Waals surface area contributed by atoms with Gasteiger partial charge in [-0.3, -0.25) is 24.1 Å². The lowest BCUT2D eigenvalue weighted by Gasteiger charge is -2.26. The zero-order chi connectivity index (χ0) is 24.7. The number of aliphatic carboxylic acids is 1. The van der Waals surface area contributed by atoms with Crippen LogP contribution < -0.4 is 10.6 Å². The van der Waals surface area contributed by atoms with E-state index in [9.17, 15) is 33.9 Å². The number of ether oxygens (including phenoxy) is 1. The van der Waals surface area contributed by atoms with Crippen molar-refractivity contribution in [3.8, 4) is 0 Å². The fourth-order valence-electron chi connectivity index (χ4n) is 3.86. The minimum atomic E-state index is -1.76. The highest BCUT2D eigenvalue weighted by molar-refractivity contribution is 7.17. The molecule has 34 heavy (non-hydrogen) atoms. The Hall–Kier alpha value is -4.10. The number of fused-ring (bicyclic) bond motifs is 2. The van der Waals surface area contributed by atoms with Gasteiger partial charge in [-0.15, -0.1) is 11.3 Å². The number of nitrogens with zero attached hydrogens (tertiary/aromatic N) is 1. The summed E-state index contributed by atoms with van der Waals surface area (Å²) in [6.45, 7) is -0.204. The van der Waals surface area contributed by atoms with Crippen LogP contribution in [0.5, 0.6) is 0 Å². The number of imide groups is 1. The molecule has 4 rings (SSSR count). The maximum Gasteiger partial charge on any atom is 0.394 e. The van der Waals surface area contributed by atoms with Crippen molar-refractivity contribution in [2.75, 3.05) is 18.9 Å². The van der Waals surface area contributed by atoms with Gasteiger partial charge in [0.2, 0.25) is 0 Å². The molecule has 3 heterocycles. The van der Waals surface area contributed by atoms with Crippen LogP contribution >= 0.6 is 11.3 Å². The molecule has 12 nitrogen and oxygen atoms in total. The minimum absolute atomic E-state index is 0.0211. The van der Waals surface area contributed by atoms with Crippen LogP contribution in [-0.4, -0.2) is 70.4 Å². The number of carbonyl (C=O) groups is 6.